The van der Waals surface area contributed by atoms with E-state index in [4.69, 9.17) is 13.7 Å². The molecule has 0 N–H and O–H groups in total. The fraction of sp³-hybridized carbons (Fsp3) is 0.912. The molecule has 0 saturated carbocycles. The molecule has 1 unspecified atom stereocenters. The van der Waals surface area contributed by atoms with Crippen molar-refractivity contribution in [2.45, 2.75) is 135 Å². The standard InChI is InChI=1S/C34H70O4S2/c1-11-13-15-16-17-18-19-20-21-22-24-32(30-35)31-37-28-27-36-26-23-25-33(3,4)40(9,10)38-34(5,6)39(7,8)29-14-12-2/h21-22,30,32H,11-20,23-29,31H2,1-10H3/b22-21+. The Kier molecular flexibility index (Phi) is 21.6. The number of ether oxygens (including phenoxy) is 2. The lowest BCUT2D eigenvalue weighted by Gasteiger charge is -2.56. The fourth-order valence-electron chi connectivity index (χ4n) is 4.53. The predicted molar refractivity (Wildman–Crippen MR) is 185 cm³/mol. The molecule has 4 nitrogen and oxygen atoms in total. The first-order valence-corrected chi connectivity index (χ1v) is 21.2. The molecule has 0 aliphatic carbocycles. The smallest absolute Gasteiger partial charge is 0.125 e. The van der Waals surface area contributed by atoms with Gasteiger partial charge in [-0.05, 0) is 83.1 Å². The molecule has 0 fully saturated rings. The van der Waals surface area contributed by atoms with Gasteiger partial charge in [-0.2, -0.15) is 0 Å². The average molecular weight is 607 g/mol. The molecule has 0 spiro atoms. The van der Waals surface area contributed by atoms with Crippen molar-refractivity contribution in [3.63, 3.8) is 0 Å². The lowest BCUT2D eigenvalue weighted by atomic mass is 10.1. The van der Waals surface area contributed by atoms with Crippen LogP contribution >= 0.6 is 20.3 Å². The molecular formula is C34H70O4S2. The van der Waals surface area contributed by atoms with E-state index in [1.807, 2.05) is 0 Å². The molecule has 40 heavy (non-hydrogen) atoms. The van der Waals surface area contributed by atoms with Crippen molar-refractivity contribution < 1.29 is 18.5 Å². The maximum atomic E-state index is 11.4. The number of unbranched alkanes of at least 4 members (excludes halogenated alkanes) is 8. The molecule has 0 aliphatic heterocycles. The lowest BCUT2D eigenvalue weighted by Crippen LogP contribution is -2.39. The predicted octanol–water partition coefficient (Wildman–Crippen LogP) is 10.1. The highest BCUT2D eigenvalue weighted by Crippen LogP contribution is 2.65. The zero-order valence-corrected chi connectivity index (χ0v) is 30.1. The van der Waals surface area contributed by atoms with Crippen molar-refractivity contribution in [3.8, 4) is 0 Å². The van der Waals surface area contributed by atoms with Gasteiger partial charge in [-0.25, -0.2) is 10.0 Å². The van der Waals surface area contributed by atoms with Crippen molar-refractivity contribution in [1.29, 1.82) is 0 Å². The molecule has 0 amide bonds. The molecule has 0 saturated heterocycles. The first-order valence-electron chi connectivity index (χ1n) is 16.2. The van der Waals surface area contributed by atoms with Crippen LogP contribution in [0.5, 0.6) is 0 Å². The molecule has 0 aliphatic rings. The summed E-state index contributed by atoms with van der Waals surface area (Å²) >= 11 is 0. The van der Waals surface area contributed by atoms with Crippen molar-refractivity contribution in [2.24, 2.45) is 5.92 Å². The van der Waals surface area contributed by atoms with Gasteiger partial charge in [0.25, 0.3) is 0 Å². The van der Waals surface area contributed by atoms with Gasteiger partial charge in [0.15, 0.2) is 0 Å². The van der Waals surface area contributed by atoms with E-state index >= 15 is 0 Å². The summed E-state index contributed by atoms with van der Waals surface area (Å²) in [5, 5.41) is 0. The van der Waals surface area contributed by atoms with Crippen LogP contribution in [0.1, 0.15) is 125 Å². The van der Waals surface area contributed by atoms with Crippen LogP contribution in [0.3, 0.4) is 0 Å². The third-order valence-corrected chi connectivity index (χ3v) is 16.5. The Balaban J connectivity index is 4.14. The van der Waals surface area contributed by atoms with E-state index in [1.54, 1.807) is 0 Å². The van der Waals surface area contributed by atoms with E-state index in [0.29, 0.717) is 19.8 Å². The number of aldehydes is 1. The summed E-state index contributed by atoms with van der Waals surface area (Å²) in [7, 11) is -2.10. The maximum absolute atomic E-state index is 11.4. The zero-order valence-electron chi connectivity index (χ0n) is 28.5. The Morgan fingerprint density at radius 1 is 0.725 bits per heavy atom. The lowest BCUT2D eigenvalue weighted by molar-refractivity contribution is -0.113. The number of carbonyl (C=O) groups is 1. The number of hydrogen-bond donors (Lipinski definition) is 0. The fourth-order valence-corrected chi connectivity index (χ4v) is 9.14. The first kappa shape index (κ1) is 40.0. The van der Waals surface area contributed by atoms with Gasteiger partial charge in [0.1, 0.15) is 11.2 Å². The first-order chi connectivity index (χ1) is 18.8. The highest BCUT2D eigenvalue weighted by molar-refractivity contribution is 8.34. The summed E-state index contributed by atoms with van der Waals surface area (Å²) in [6, 6.07) is 0. The Hall–Kier alpha value is -0.0100. The second-order valence-electron chi connectivity index (χ2n) is 13.4. The van der Waals surface area contributed by atoms with Crippen molar-refractivity contribution in [2.75, 3.05) is 57.2 Å². The van der Waals surface area contributed by atoms with E-state index in [2.05, 4.69) is 78.7 Å². The van der Waals surface area contributed by atoms with Crippen molar-refractivity contribution in [3.05, 3.63) is 12.2 Å². The summed E-state index contributed by atoms with van der Waals surface area (Å²) in [5.41, 5.74) is 0. The minimum absolute atomic E-state index is 0.0608. The molecule has 0 rings (SSSR count). The SMILES string of the molecule is CCCCCCCCC/C=C/CC(C=O)COCCOCCCC(C)(C)S(C)(C)OC(C)(C)S(C)(C)CCCC. The van der Waals surface area contributed by atoms with E-state index < -0.39 is 20.3 Å². The van der Waals surface area contributed by atoms with E-state index in [0.717, 1.165) is 38.6 Å². The topological polar surface area (TPSA) is 44.8 Å². The highest BCUT2D eigenvalue weighted by atomic mass is 32.3. The molecular weight excluding hydrogens is 537 g/mol. The molecule has 0 bridgehead atoms. The molecule has 1 atom stereocenters. The van der Waals surface area contributed by atoms with Crippen molar-refractivity contribution in [1.82, 2.24) is 0 Å². The Morgan fingerprint density at radius 3 is 1.95 bits per heavy atom. The van der Waals surface area contributed by atoms with Gasteiger partial charge < -0.3 is 18.5 Å². The van der Waals surface area contributed by atoms with Crippen LogP contribution in [0.25, 0.3) is 0 Å². The second kappa shape index (κ2) is 21.6. The minimum atomic E-state index is -1.26. The summed E-state index contributed by atoms with van der Waals surface area (Å²) in [4.78, 5) is 11.3. The van der Waals surface area contributed by atoms with E-state index in [9.17, 15) is 4.79 Å². The van der Waals surface area contributed by atoms with Crippen LogP contribution < -0.4 is 0 Å². The third-order valence-electron chi connectivity index (χ3n) is 8.62. The zero-order chi connectivity index (χ0) is 30.5. The molecule has 0 aromatic carbocycles. The minimum Gasteiger partial charge on any atom is -0.379 e. The normalized spacial score (nSPS) is 15.1. The highest BCUT2D eigenvalue weighted by Gasteiger charge is 2.42. The molecule has 6 heteroatoms. The Bertz CT molecular complexity index is 658. The quantitative estimate of drug-likeness (QED) is 0.0530. The van der Waals surface area contributed by atoms with Gasteiger partial charge in [-0.1, -0.05) is 84.8 Å². The van der Waals surface area contributed by atoms with Crippen LogP contribution in [-0.2, 0) is 18.5 Å². The summed E-state index contributed by atoms with van der Waals surface area (Å²) in [6.45, 7) is 16.2. The molecule has 242 valence electrons. The van der Waals surface area contributed by atoms with E-state index in [1.165, 1.54) is 63.5 Å². The summed E-state index contributed by atoms with van der Waals surface area (Å²) < 4.78 is 18.7. The number of hydrogen-bond acceptors (Lipinski definition) is 4. The maximum Gasteiger partial charge on any atom is 0.125 e. The molecule has 0 aromatic heterocycles. The van der Waals surface area contributed by atoms with Gasteiger partial charge >= 0.3 is 0 Å². The molecule has 0 radical (unpaired) electrons. The van der Waals surface area contributed by atoms with Crippen LogP contribution in [0.4, 0.5) is 0 Å². The van der Waals surface area contributed by atoms with Gasteiger partial charge in [-0.3, -0.25) is 0 Å². The van der Waals surface area contributed by atoms with Gasteiger partial charge in [0.05, 0.1) is 19.8 Å². The Labute approximate surface area is 254 Å². The van der Waals surface area contributed by atoms with Gasteiger partial charge in [0.2, 0.25) is 0 Å². The van der Waals surface area contributed by atoms with Crippen LogP contribution in [0, 0.1) is 5.92 Å². The molecule has 0 aromatic rings. The van der Waals surface area contributed by atoms with Crippen LogP contribution in [-0.4, -0.2) is 73.2 Å². The van der Waals surface area contributed by atoms with Crippen LogP contribution in [0.15, 0.2) is 12.2 Å². The van der Waals surface area contributed by atoms with Crippen LogP contribution in [0.2, 0.25) is 0 Å². The Morgan fingerprint density at radius 2 is 1.32 bits per heavy atom. The molecule has 0 heterocycles. The van der Waals surface area contributed by atoms with Gasteiger partial charge in [0, 0.05) is 17.3 Å². The average Bonchev–Trinajstić information content (AvgIpc) is 2.87. The van der Waals surface area contributed by atoms with Crippen molar-refractivity contribution >= 4 is 26.6 Å². The summed E-state index contributed by atoms with van der Waals surface area (Å²) in [5.74, 6) is 1.21. The largest absolute Gasteiger partial charge is 0.379 e. The monoisotopic (exact) mass is 606 g/mol. The van der Waals surface area contributed by atoms with Gasteiger partial charge in [-0.15, -0.1) is 10.3 Å². The third kappa shape index (κ3) is 17.2. The summed E-state index contributed by atoms with van der Waals surface area (Å²) in [6.07, 6.45) is 30.8. The second-order valence-corrected chi connectivity index (χ2v) is 21.6. The number of carbonyl (C=O) groups excluding carboxylic acids is 1. The number of rotatable bonds is 27. The van der Waals surface area contributed by atoms with E-state index in [-0.39, 0.29) is 15.6 Å². The number of allylic oxidation sites excluding steroid dienone is 2.